The van der Waals surface area contributed by atoms with E-state index in [-0.39, 0.29) is 5.41 Å². The molecule has 0 radical (unpaired) electrons. The summed E-state index contributed by atoms with van der Waals surface area (Å²) < 4.78 is 5.87. The molecule has 4 rings (SSSR count). The fraction of sp³-hybridized carbons (Fsp3) is 1.00. The van der Waals surface area contributed by atoms with Gasteiger partial charge in [0.1, 0.15) is 0 Å². The number of hydrogen-bond acceptors (Lipinski definition) is 2. The molecule has 0 aromatic carbocycles. The van der Waals surface area contributed by atoms with Crippen LogP contribution in [0.25, 0.3) is 0 Å². The molecular formula is C20H34O2. The van der Waals surface area contributed by atoms with Gasteiger partial charge in [-0.2, -0.15) is 0 Å². The fourth-order valence-electron chi connectivity index (χ4n) is 7.72. The van der Waals surface area contributed by atoms with Gasteiger partial charge >= 0.3 is 0 Å². The minimum atomic E-state index is 0.285. The Labute approximate surface area is 136 Å². The lowest BCUT2D eigenvalue weighted by molar-refractivity contribution is -0.148. The highest BCUT2D eigenvalue weighted by Gasteiger charge is 2.60. The topological polar surface area (TPSA) is 29.5 Å². The van der Waals surface area contributed by atoms with E-state index >= 15 is 0 Å². The zero-order valence-corrected chi connectivity index (χ0v) is 14.5. The normalized spacial score (nSPS) is 54.4. The van der Waals surface area contributed by atoms with Crippen molar-refractivity contribution in [3.63, 3.8) is 0 Å². The number of fused-ring (bicyclic) bond motifs is 5. The van der Waals surface area contributed by atoms with Crippen LogP contribution < -0.4 is 0 Å². The van der Waals surface area contributed by atoms with Crippen LogP contribution in [0.4, 0.5) is 0 Å². The average Bonchev–Trinajstić information content (AvgIpc) is 2.90. The molecule has 1 N–H and O–H groups in total. The standard InChI is InChI=1S/C20H34O2/c1-19-12-10-17-15(16(19)8-9-18(19)22-2)7-6-14-5-3-4-11-20(14,17)13-21/h14-18,21H,3-13H2,1-2H3/t14?,15?,16?,17-,18?,19?,20?/m0/s1. The van der Waals surface area contributed by atoms with Crippen molar-refractivity contribution >= 4 is 0 Å². The molecule has 0 bridgehead atoms. The number of rotatable bonds is 2. The van der Waals surface area contributed by atoms with Crippen LogP contribution in [0.2, 0.25) is 0 Å². The van der Waals surface area contributed by atoms with Gasteiger partial charge in [-0.1, -0.05) is 19.8 Å². The molecule has 6 unspecified atom stereocenters. The lowest BCUT2D eigenvalue weighted by atomic mass is 9.45. The summed E-state index contributed by atoms with van der Waals surface area (Å²) in [5.41, 5.74) is 0.696. The Balaban J connectivity index is 1.65. The minimum absolute atomic E-state index is 0.285. The van der Waals surface area contributed by atoms with Crippen molar-refractivity contribution < 1.29 is 9.84 Å². The van der Waals surface area contributed by atoms with Gasteiger partial charge in [0.2, 0.25) is 0 Å². The molecule has 2 heteroatoms. The highest BCUT2D eigenvalue weighted by molar-refractivity contribution is 5.10. The van der Waals surface area contributed by atoms with Gasteiger partial charge < -0.3 is 9.84 Å². The van der Waals surface area contributed by atoms with Crippen LogP contribution >= 0.6 is 0 Å². The van der Waals surface area contributed by atoms with Crippen molar-refractivity contribution in [1.82, 2.24) is 0 Å². The van der Waals surface area contributed by atoms with E-state index in [1.807, 2.05) is 7.11 Å². The van der Waals surface area contributed by atoms with Gasteiger partial charge in [0.05, 0.1) is 6.10 Å². The van der Waals surface area contributed by atoms with Crippen LogP contribution in [-0.2, 0) is 4.74 Å². The van der Waals surface area contributed by atoms with Crippen molar-refractivity contribution in [1.29, 1.82) is 0 Å². The van der Waals surface area contributed by atoms with Crippen LogP contribution in [-0.4, -0.2) is 24.9 Å². The van der Waals surface area contributed by atoms with Crippen molar-refractivity contribution in [3.8, 4) is 0 Å². The molecule has 22 heavy (non-hydrogen) atoms. The molecule has 126 valence electrons. The Morgan fingerprint density at radius 1 is 0.955 bits per heavy atom. The first kappa shape index (κ1) is 15.4. The summed E-state index contributed by atoms with van der Waals surface area (Å²) in [7, 11) is 1.91. The molecule has 0 aromatic rings. The van der Waals surface area contributed by atoms with Crippen molar-refractivity contribution in [2.24, 2.45) is 34.5 Å². The fourth-order valence-corrected chi connectivity index (χ4v) is 7.72. The predicted molar refractivity (Wildman–Crippen MR) is 88.6 cm³/mol. The molecule has 0 aromatic heterocycles. The third-order valence-corrected chi connectivity index (χ3v) is 8.77. The van der Waals surface area contributed by atoms with Crippen LogP contribution in [0.1, 0.15) is 71.1 Å². The Morgan fingerprint density at radius 3 is 2.59 bits per heavy atom. The highest BCUT2D eigenvalue weighted by atomic mass is 16.5. The number of aliphatic hydroxyl groups is 1. The molecule has 0 amide bonds. The smallest absolute Gasteiger partial charge is 0.0627 e. The molecular weight excluding hydrogens is 272 g/mol. The monoisotopic (exact) mass is 306 g/mol. The van der Waals surface area contributed by atoms with E-state index in [2.05, 4.69) is 6.92 Å². The molecule has 4 saturated carbocycles. The Hall–Kier alpha value is -0.0800. The van der Waals surface area contributed by atoms with Crippen molar-refractivity contribution in [2.75, 3.05) is 13.7 Å². The molecule has 7 atom stereocenters. The molecule has 0 heterocycles. The van der Waals surface area contributed by atoms with Gasteiger partial charge in [-0.25, -0.2) is 0 Å². The van der Waals surface area contributed by atoms with Crippen molar-refractivity contribution in [2.45, 2.75) is 77.2 Å². The molecule has 2 nitrogen and oxygen atoms in total. The number of hydrogen-bond donors (Lipinski definition) is 1. The van der Waals surface area contributed by atoms with Crippen LogP contribution in [0, 0.1) is 34.5 Å². The highest BCUT2D eigenvalue weighted by Crippen LogP contribution is 2.66. The van der Waals surface area contributed by atoms with Gasteiger partial charge in [-0.05, 0) is 85.9 Å². The van der Waals surface area contributed by atoms with Gasteiger partial charge in [-0.3, -0.25) is 0 Å². The maximum atomic E-state index is 10.4. The quantitative estimate of drug-likeness (QED) is 0.819. The second-order valence-electron chi connectivity index (χ2n) is 9.13. The summed E-state index contributed by atoms with van der Waals surface area (Å²) in [6.07, 6.45) is 14.0. The van der Waals surface area contributed by atoms with E-state index in [0.29, 0.717) is 18.1 Å². The van der Waals surface area contributed by atoms with Crippen LogP contribution in [0.3, 0.4) is 0 Å². The first-order valence-corrected chi connectivity index (χ1v) is 9.79. The predicted octanol–water partition coefficient (Wildman–Crippen LogP) is 4.41. The van der Waals surface area contributed by atoms with Crippen molar-refractivity contribution in [3.05, 3.63) is 0 Å². The molecule has 0 saturated heterocycles. The maximum Gasteiger partial charge on any atom is 0.0627 e. The molecule has 4 aliphatic rings. The Kier molecular flexibility index (Phi) is 3.85. The second-order valence-corrected chi connectivity index (χ2v) is 9.13. The van der Waals surface area contributed by atoms with Crippen LogP contribution in [0.5, 0.6) is 0 Å². The second kappa shape index (κ2) is 5.48. The third kappa shape index (κ3) is 1.92. The largest absolute Gasteiger partial charge is 0.396 e. The number of ether oxygens (including phenoxy) is 1. The van der Waals surface area contributed by atoms with E-state index in [9.17, 15) is 5.11 Å². The first-order valence-electron chi connectivity index (χ1n) is 9.79. The van der Waals surface area contributed by atoms with Crippen LogP contribution in [0.15, 0.2) is 0 Å². The summed E-state index contributed by atoms with van der Waals surface area (Å²) in [6.45, 7) is 2.96. The summed E-state index contributed by atoms with van der Waals surface area (Å²) in [5.74, 6) is 3.32. The van der Waals surface area contributed by atoms with Gasteiger partial charge in [0.15, 0.2) is 0 Å². The van der Waals surface area contributed by atoms with E-state index in [0.717, 1.165) is 23.7 Å². The molecule has 0 aliphatic heterocycles. The van der Waals surface area contributed by atoms with Gasteiger partial charge in [0, 0.05) is 13.7 Å². The summed E-state index contributed by atoms with van der Waals surface area (Å²) in [6, 6.07) is 0. The first-order chi connectivity index (χ1) is 10.7. The van der Waals surface area contributed by atoms with E-state index < -0.39 is 0 Å². The lowest BCUT2D eigenvalue weighted by Crippen LogP contribution is -2.55. The number of methoxy groups -OCH3 is 1. The average molecular weight is 306 g/mol. The third-order valence-electron chi connectivity index (χ3n) is 8.77. The van der Waals surface area contributed by atoms with E-state index in [4.69, 9.17) is 4.74 Å². The van der Waals surface area contributed by atoms with Gasteiger partial charge in [0.25, 0.3) is 0 Å². The lowest BCUT2D eigenvalue weighted by Gasteiger charge is -2.60. The maximum absolute atomic E-state index is 10.4. The van der Waals surface area contributed by atoms with E-state index in [1.165, 1.54) is 64.2 Å². The van der Waals surface area contributed by atoms with E-state index in [1.54, 1.807) is 0 Å². The summed E-state index contributed by atoms with van der Waals surface area (Å²) in [4.78, 5) is 0. The SMILES string of the molecule is COC1CCC2C3CCC4CCCCC4(CO)[C@H]3CCC12C. The zero-order valence-electron chi connectivity index (χ0n) is 14.5. The molecule has 4 aliphatic carbocycles. The molecule has 0 spiro atoms. The Morgan fingerprint density at radius 2 is 1.82 bits per heavy atom. The Bertz CT molecular complexity index is 422. The minimum Gasteiger partial charge on any atom is -0.396 e. The summed E-state index contributed by atoms with van der Waals surface area (Å²) in [5, 5.41) is 10.4. The summed E-state index contributed by atoms with van der Waals surface area (Å²) >= 11 is 0. The van der Waals surface area contributed by atoms with Gasteiger partial charge in [-0.15, -0.1) is 0 Å². The molecule has 4 fully saturated rings. The number of aliphatic hydroxyl groups excluding tert-OH is 1. The zero-order chi connectivity index (χ0) is 15.4.